The highest BCUT2D eigenvalue weighted by Crippen LogP contribution is 2.05. The first-order chi connectivity index (χ1) is 18.4. The van der Waals surface area contributed by atoms with Gasteiger partial charge in [0.2, 0.25) is 29.5 Å². The van der Waals surface area contributed by atoms with Crippen LogP contribution in [0.25, 0.3) is 0 Å². The Hall–Kier alpha value is -3.35. The molecule has 1 aromatic rings. The van der Waals surface area contributed by atoms with Crippen LogP contribution in [0, 0.1) is 0 Å². The molecule has 5 atom stereocenters. The molecule has 1 rings (SSSR count). The van der Waals surface area contributed by atoms with E-state index in [1.54, 1.807) is 6.26 Å². The number of carbonyl (C=O) groups is 6. The first-order valence-corrected chi connectivity index (χ1v) is 13.6. The summed E-state index contributed by atoms with van der Waals surface area (Å²) in [6.45, 7) is -0.659. The number of hydrogen-bond donors (Lipinski definition) is 10. The highest BCUT2D eigenvalue weighted by molar-refractivity contribution is 7.98. The summed E-state index contributed by atoms with van der Waals surface area (Å²) in [6.07, 6.45) is 3.96. The van der Waals surface area contributed by atoms with E-state index in [0.29, 0.717) is 11.4 Å². The number of hydrogen-bond acceptors (Lipinski definition) is 11. The van der Waals surface area contributed by atoms with Crippen LogP contribution in [0.4, 0.5) is 0 Å². The van der Waals surface area contributed by atoms with Crippen molar-refractivity contribution in [1.82, 2.24) is 31.2 Å². The van der Waals surface area contributed by atoms with Crippen molar-refractivity contribution in [3.05, 3.63) is 18.2 Å². The number of aromatic nitrogens is 2. The fourth-order valence-electron chi connectivity index (χ4n) is 3.10. The van der Waals surface area contributed by atoms with E-state index in [9.17, 15) is 33.9 Å². The number of nitrogens with one attached hydrogen (secondary N) is 5. The number of primary amides is 1. The molecule has 0 spiro atoms. The summed E-state index contributed by atoms with van der Waals surface area (Å²) in [6, 6.07) is -6.57. The number of aliphatic carboxylic acids is 1. The minimum absolute atomic E-state index is 0.0498. The summed E-state index contributed by atoms with van der Waals surface area (Å²) in [5.41, 5.74) is 11.1. The van der Waals surface area contributed by atoms with Gasteiger partial charge in [-0.05, 0) is 18.4 Å². The van der Waals surface area contributed by atoms with Gasteiger partial charge in [0.25, 0.3) is 0 Å². The normalized spacial score (nSPS) is 14.7. The molecule has 0 unspecified atom stereocenters. The van der Waals surface area contributed by atoms with Crippen LogP contribution in [0.1, 0.15) is 18.5 Å². The summed E-state index contributed by atoms with van der Waals surface area (Å²) >= 11 is 5.47. The molecule has 0 aromatic carbocycles. The molecular formula is C21H34N8O8S2. The van der Waals surface area contributed by atoms with Crippen LogP contribution in [0.15, 0.2) is 12.5 Å². The average Bonchev–Trinajstić information content (AvgIpc) is 3.40. The molecule has 1 aromatic heterocycles. The fourth-order valence-corrected chi connectivity index (χ4v) is 3.83. The standard InChI is InChI=1S/C21H34N8O8S2/c1-39-3-2-12(18(33)28-14(21(36)37)5-16(23)31)26-20(35)15(8-38)29-19(34)13(4-10-6-24-9-25-10)27-17(32)11(22)7-30/h6,9,11-15,30,38H,2-5,7-8,22H2,1H3,(H2,23,31)(H,24,25)(H,26,35)(H,27,32)(H,28,33)(H,29,34)(H,36,37)/t11-,12-,13-,14-,15-/m0/s1. The van der Waals surface area contributed by atoms with Gasteiger partial charge < -0.3 is 47.9 Å². The second kappa shape index (κ2) is 17.3. The molecule has 5 amide bonds. The zero-order valence-corrected chi connectivity index (χ0v) is 22.8. The monoisotopic (exact) mass is 590 g/mol. The molecule has 0 bridgehead atoms. The van der Waals surface area contributed by atoms with E-state index < -0.39 is 78.7 Å². The van der Waals surface area contributed by atoms with Gasteiger partial charge in [0.1, 0.15) is 30.2 Å². The maximum absolute atomic E-state index is 13.0. The summed E-state index contributed by atoms with van der Waals surface area (Å²) in [4.78, 5) is 80.2. The predicted octanol–water partition coefficient (Wildman–Crippen LogP) is -4.15. The van der Waals surface area contributed by atoms with Crippen LogP contribution in [0.5, 0.6) is 0 Å². The number of nitrogens with zero attached hydrogens (tertiary/aromatic N) is 1. The summed E-state index contributed by atoms with van der Waals surface area (Å²) in [5.74, 6) is -5.47. The topological polar surface area (TPSA) is 272 Å². The van der Waals surface area contributed by atoms with Gasteiger partial charge in [-0.25, -0.2) is 9.78 Å². The number of thiol groups is 1. The highest BCUT2D eigenvalue weighted by Gasteiger charge is 2.31. The van der Waals surface area contributed by atoms with Crippen molar-refractivity contribution in [2.75, 3.05) is 24.4 Å². The zero-order chi connectivity index (χ0) is 29.5. The Morgan fingerprint density at radius 1 is 1.00 bits per heavy atom. The van der Waals surface area contributed by atoms with Crippen molar-refractivity contribution in [3.8, 4) is 0 Å². The molecule has 16 nitrogen and oxygen atoms in total. The quantitative estimate of drug-likeness (QED) is 0.0733. The van der Waals surface area contributed by atoms with Crippen LogP contribution in [0.3, 0.4) is 0 Å². The molecule has 11 N–H and O–H groups in total. The lowest BCUT2D eigenvalue weighted by Crippen LogP contribution is -2.59. The summed E-state index contributed by atoms with van der Waals surface area (Å²) < 4.78 is 0. The maximum atomic E-state index is 13.0. The van der Waals surface area contributed by atoms with Gasteiger partial charge in [-0.3, -0.25) is 24.0 Å². The van der Waals surface area contributed by atoms with Crippen molar-refractivity contribution in [3.63, 3.8) is 0 Å². The summed E-state index contributed by atoms with van der Waals surface area (Å²) in [5, 5.41) is 27.9. The first-order valence-electron chi connectivity index (χ1n) is 11.6. The van der Waals surface area contributed by atoms with Crippen LogP contribution in [-0.4, -0.2) is 110 Å². The molecule has 0 saturated heterocycles. The minimum Gasteiger partial charge on any atom is -0.480 e. The second-order valence-corrected chi connectivity index (χ2v) is 9.64. The Balaban J connectivity index is 3.00. The number of aromatic amines is 1. The van der Waals surface area contributed by atoms with Crippen molar-refractivity contribution in [2.45, 2.75) is 49.5 Å². The Morgan fingerprint density at radius 3 is 2.08 bits per heavy atom. The van der Waals surface area contributed by atoms with Gasteiger partial charge >= 0.3 is 5.97 Å². The first kappa shape index (κ1) is 33.7. The van der Waals surface area contributed by atoms with E-state index in [4.69, 9.17) is 16.6 Å². The molecule has 218 valence electrons. The number of carboxylic acids is 1. The van der Waals surface area contributed by atoms with E-state index in [1.165, 1.54) is 24.3 Å². The number of rotatable bonds is 18. The van der Waals surface area contributed by atoms with Crippen molar-refractivity contribution in [2.24, 2.45) is 11.5 Å². The number of imidazole rings is 1. The molecule has 0 fully saturated rings. The number of carbonyl (C=O) groups excluding carboxylic acids is 5. The van der Waals surface area contributed by atoms with Crippen LogP contribution in [-0.2, 0) is 35.2 Å². The van der Waals surface area contributed by atoms with Crippen LogP contribution in [0.2, 0.25) is 0 Å². The molecule has 0 aliphatic heterocycles. The van der Waals surface area contributed by atoms with Gasteiger partial charge in [0.15, 0.2) is 0 Å². The van der Waals surface area contributed by atoms with Crippen molar-refractivity contribution >= 4 is 59.9 Å². The van der Waals surface area contributed by atoms with Gasteiger partial charge in [-0.15, -0.1) is 0 Å². The van der Waals surface area contributed by atoms with Gasteiger partial charge in [0, 0.05) is 24.1 Å². The molecular weight excluding hydrogens is 556 g/mol. The Morgan fingerprint density at radius 2 is 1.56 bits per heavy atom. The number of amides is 5. The van der Waals surface area contributed by atoms with E-state index in [-0.39, 0.29) is 18.6 Å². The smallest absolute Gasteiger partial charge is 0.326 e. The van der Waals surface area contributed by atoms with E-state index in [2.05, 4.69) is 43.9 Å². The molecule has 0 aliphatic rings. The van der Waals surface area contributed by atoms with Gasteiger partial charge in [-0.2, -0.15) is 24.4 Å². The van der Waals surface area contributed by atoms with Crippen LogP contribution >= 0.6 is 24.4 Å². The molecule has 0 aliphatic carbocycles. The van der Waals surface area contributed by atoms with Crippen molar-refractivity contribution in [1.29, 1.82) is 0 Å². The van der Waals surface area contributed by atoms with E-state index >= 15 is 0 Å². The third-order valence-electron chi connectivity index (χ3n) is 5.22. The Kier molecular flexibility index (Phi) is 14.9. The lowest BCUT2D eigenvalue weighted by Gasteiger charge is -2.25. The fraction of sp³-hybridized carbons (Fsp3) is 0.571. The minimum atomic E-state index is -1.60. The average molecular weight is 591 g/mol. The van der Waals surface area contributed by atoms with Gasteiger partial charge in [0.05, 0.1) is 19.4 Å². The third kappa shape index (κ3) is 11.9. The lowest BCUT2D eigenvalue weighted by molar-refractivity contribution is -0.143. The number of H-pyrrole nitrogens is 1. The third-order valence-corrected chi connectivity index (χ3v) is 6.23. The highest BCUT2D eigenvalue weighted by atomic mass is 32.2. The number of aliphatic hydroxyl groups is 1. The second-order valence-electron chi connectivity index (χ2n) is 8.29. The maximum Gasteiger partial charge on any atom is 0.326 e. The molecule has 0 saturated carbocycles. The summed E-state index contributed by atoms with van der Waals surface area (Å²) in [7, 11) is 0. The largest absolute Gasteiger partial charge is 0.480 e. The number of aliphatic hydroxyl groups excluding tert-OH is 1. The number of carboxylic acid groups (broad SMARTS) is 1. The van der Waals surface area contributed by atoms with Crippen molar-refractivity contribution < 1.29 is 39.0 Å². The SMILES string of the molecule is CSCC[C@H](NC(=O)[C@H](CS)NC(=O)[C@H](Cc1cnc[nH]1)NC(=O)[C@@H](N)CO)C(=O)N[C@@H](CC(N)=O)C(=O)O. The molecule has 18 heteroatoms. The van der Waals surface area contributed by atoms with E-state index in [0.717, 1.165) is 0 Å². The molecule has 1 heterocycles. The van der Waals surface area contributed by atoms with Gasteiger partial charge in [-0.1, -0.05) is 0 Å². The lowest BCUT2D eigenvalue weighted by atomic mass is 10.1. The number of nitrogens with two attached hydrogens (primary N) is 2. The van der Waals surface area contributed by atoms with Crippen LogP contribution < -0.4 is 32.7 Å². The Bertz CT molecular complexity index is 997. The number of thioether (sulfide) groups is 1. The molecule has 39 heavy (non-hydrogen) atoms. The van der Waals surface area contributed by atoms with E-state index in [1.807, 2.05) is 0 Å². The Labute approximate surface area is 233 Å². The zero-order valence-electron chi connectivity index (χ0n) is 21.1. The molecule has 0 radical (unpaired) electrons. The predicted molar refractivity (Wildman–Crippen MR) is 143 cm³/mol.